The number of methoxy groups -OCH3 is 6. The third kappa shape index (κ3) is 12.1. The summed E-state index contributed by atoms with van der Waals surface area (Å²) in [6.07, 6.45) is 0. The van der Waals surface area contributed by atoms with Crippen molar-refractivity contribution < 1.29 is 56.5 Å². The number of hydrogen-bond donors (Lipinski definition) is 0. The molecule has 12 nitrogen and oxygen atoms in total. The standard InChI is InChI=1S/C76H104O12P2/c1-69(2,3)48-31-43(32-49(61(48)80-26)70(4,5)6)89(77,44-33-50(71(7,8)9)62(81-27)51(34-44)72(10,11)12)57-40-56(79-25)65-67(87-42-86-65)59(57)47-39-58(66(84-30)68-60(47)85-41-88-68)90(78,45-35-52(73(13,14)15)63(82-28)53(36-45)74(16,17)18)46-37-54(75(19,20)21)64(83-29)55(38-46)76(22,23)24/h31-40H,41-42H2,1-30H3. The topological polar surface area (TPSA) is 126 Å². The van der Waals surface area contributed by atoms with Crippen molar-refractivity contribution in [1.29, 1.82) is 0 Å². The number of ether oxygens (including phenoxy) is 10. The summed E-state index contributed by atoms with van der Waals surface area (Å²) in [5.74, 6) is 4.48. The van der Waals surface area contributed by atoms with Gasteiger partial charge in [-0.15, -0.1) is 0 Å². The van der Waals surface area contributed by atoms with Crippen LogP contribution in [0.15, 0.2) is 60.7 Å². The monoisotopic (exact) mass is 1270 g/mol. The Morgan fingerprint density at radius 3 is 0.789 bits per heavy atom. The summed E-state index contributed by atoms with van der Waals surface area (Å²) < 4.78 is 103. The van der Waals surface area contributed by atoms with Gasteiger partial charge in [0.1, 0.15) is 23.0 Å². The van der Waals surface area contributed by atoms with E-state index in [2.05, 4.69) is 215 Å². The first-order valence-electron chi connectivity index (χ1n) is 31.4. The molecule has 2 aliphatic rings. The SMILES string of the molecule is COc1cc(P(=O)(c2cc(C(C)(C)C)c(OC)c(C(C)(C)C)c2)c2cc(C(C)(C)C)c(OC)c(C(C)(C)C)c2)c(-c2cc(P(=O)(c3cc(C(C)(C)C)c(OC)c(C(C)(C)C)c3)c3cc(C(C)(C)C)c(OC)c(C(C)(C)C)c3)c(OC)c3c2OCO3)c2c1OCO2. The van der Waals surface area contributed by atoms with Gasteiger partial charge in [0.05, 0.1) is 48.0 Å². The molecule has 14 heteroatoms. The van der Waals surface area contributed by atoms with Crippen molar-refractivity contribution in [2.24, 2.45) is 0 Å². The Balaban J connectivity index is 1.73. The van der Waals surface area contributed by atoms with E-state index in [0.29, 0.717) is 54.5 Å². The molecule has 2 aliphatic heterocycles. The van der Waals surface area contributed by atoms with E-state index in [1.807, 2.05) is 12.1 Å². The molecule has 0 bridgehead atoms. The molecule has 2 heterocycles. The van der Waals surface area contributed by atoms with Crippen LogP contribution in [0.1, 0.15) is 211 Å². The molecule has 6 aromatic rings. The summed E-state index contributed by atoms with van der Waals surface area (Å²) in [5, 5.41) is 2.84. The van der Waals surface area contributed by atoms with Crippen molar-refractivity contribution >= 4 is 46.1 Å². The highest BCUT2D eigenvalue weighted by molar-refractivity contribution is 7.86. The molecule has 0 aliphatic carbocycles. The molecule has 6 aromatic carbocycles. The first-order valence-corrected chi connectivity index (χ1v) is 34.8. The highest BCUT2D eigenvalue weighted by atomic mass is 31.2. The van der Waals surface area contributed by atoms with Crippen molar-refractivity contribution in [2.45, 2.75) is 209 Å². The van der Waals surface area contributed by atoms with Crippen molar-refractivity contribution in [2.75, 3.05) is 56.2 Å². The van der Waals surface area contributed by atoms with Crippen LogP contribution in [0.4, 0.5) is 0 Å². The van der Waals surface area contributed by atoms with Gasteiger partial charge in [0.15, 0.2) is 37.3 Å². The van der Waals surface area contributed by atoms with E-state index >= 15 is 9.13 Å². The van der Waals surface area contributed by atoms with E-state index < -0.39 is 57.6 Å². The minimum absolute atomic E-state index is 0.183. The molecular formula is C76H104O12P2. The Hall–Kier alpha value is -6.22. The second-order valence-electron chi connectivity index (χ2n) is 32.6. The normalized spacial score (nSPS) is 14.2. The predicted molar refractivity (Wildman–Crippen MR) is 372 cm³/mol. The molecule has 0 aromatic heterocycles. The fraction of sp³-hybridized carbons (Fsp3) is 0.526. The van der Waals surface area contributed by atoms with Crippen LogP contribution in [0.3, 0.4) is 0 Å². The smallest absolute Gasteiger partial charge is 0.231 e. The maximum absolute atomic E-state index is 19.0. The minimum Gasteiger partial charge on any atom is -0.496 e. The molecule has 0 unspecified atom stereocenters. The summed E-state index contributed by atoms with van der Waals surface area (Å²) in [7, 11) is 1.24. The number of benzene rings is 6. The van der Waals surface area contributed by atoms with Crippen molar-refractivity contribution in [3.8, 4) is 68.6 Å². The van der Waals surface area contributed by atoms with Gasteiger partial charge in [-0.3, -0.25) is 0 Å². The van der Waals surface area contributed by atoms with Gasteiger partial charge in [-0.05, 0) is 104 Å². The maximum Gasteiger partial charge on any atom is 0.231 e. The average Bonchev–Trinajstić information content (AvgIpc) is 1.03. The lowest BCUT2D eigenvalue weighted by atomic mass is 9.79. The number of fused-ring (bicyclic) bond motifs is 2. The Bertz CT molecular complexity index is 3570. The number of rotatable bonds is 13. The van der Waals surface area contributed by atoms with Crippen molar-refractivity contribution in [3.05, 3.63) is 105 Å². The molecule has 0 saturated heterocycles. The van der Waals surface area contributed by atoms with Crippen LogP contribution < -0.4 is 79.2 Å². The van der Waals surface area contributed by atoms with Crippen LogP contribution in [0.2, 0.25) is 0 Å². The molecule has 8 rings (SSSR count). The van der Waals surface area contributed by atoms with E-state index in [1.54, 1.807) is 42.7 Å². The largest absolute Gasteiger partial charge is 0.496 e. The van der Waals surface area contributed by atoms with Crippen LogP contribution >= 0.6 is 14.3 Å². The highest BCUT2D eigenvalue weighted by Crippen LogP contribution is 2.62. The van der Waals surface area contributed by atoms with E-state index in [-0.39, 0.29) is 36.6 Å². The molecule has 0 amide bonds. The summed E-state index contributed by atoms with van der Waals surface area (Å²) >= 11 is 0. The van der Waals surface area contributed by atoms with Crippen molar-refractivity contribution in [3.63, 3.8) is 0 Å². The Kier molecular flexibility index (Phi) is 18.1. The van der Waals surface area contributed by atoms with E-state index in [1.165, 1.54) is 0 Å². The van der Waals surface area contributed by atoms with Gasteiger partial charge >= 0.3 is 0 Å². The zero-order valence-electron chi connectivity index (χ0n) is 60.0. The fourth-order valence-corrected chi connectivity index (χ4v) is 18.5. The molecule has 0 N–H and O–H groups in total. The number of hydrogen-bond acceptors (Lipinski definition) is 12. The van der Waals surface area contributed by atoms with Crippen molar-refractivity contribution in [1.82, 2.24) is 0 Å². The molecule has 0 saturated carbocycles. The van der Waals surface area contributed by atoms with Gasteiger partial charge in [-0.2, -0.15) is 0 Å². The molecule has 90 heavy (non-hydrogen) atoms. The second kappa shape index (κ2) is 23.4. The molecule has 0 radical (unpaired) electrons. The third-order valence-electron chi connectivity index (χ3n) is 17.6. The zero-order chi connectivity index (χ0) is 67.6. The lowest BCUT2D eigenvalue weighted by molar-refractivity contribution is 0.170. The van der Waals surface area contributed by atoms with Gasteiger partial charge in [-0.25, -0.2) is 0 Å². The Morgan fingerprint density at radius 1 is 0.289 bits per heavy atom. The zero-order valence-corrected chi connectivity index (χ0v) is 61.8. The lowest BCUT2D eigenvalue weighted by Gasteiger charge is -2.35. The van der Waals surface area contributed by atoms with E-state index in [0.717, 1.165) is 67.5 Å². The van der Waals surface area contributed by atoms with Gasteiger partial charge in [0, 0.05) is 82.2 Å². The molecule has 0 atom stereocenters. The highest BCUT2D eigenvalue weighted by Gasteiger charge is 2.47. The average molecular weight is 1270 g/mol. The van der Waals surface area contributed by atoms with E-state index in [9.17, 15) is 0 Å². The summed E-state index contributed by atoms with van der Waals surface area (Å²) in [6, 6.07) is 20.3. The minimum atomic E-state index is -4.38. The Labute approximate surface area is 539 Å². The maximum atomic E-state index is 19.0. The first-order chi connectivity index (χ1) is 41.2. The van der Waals surface area contributed by atoms with Crippen LogP contribution in [-0.2, 0) is 52.5 Å². The van der Waals surface area contributed by atoms with Gasteiger partial charge in [-0.1, -0.05) is 166 Å². The van der Waals surface area contributed by atoms with Crippen LogP contribution in [0, 0.1) is 0 Å². The molecule has 490 valence electrons. The summed E-state index contributed by atoms with van der Waals surface area (Å²) in [6.45, 7) is 51.2. The molecule has 0 spiro atoms. The van der Waals surface area contributed by atoms with Crippen LogP contribution in [0.25, 0.3) is 11.1 Å². The summed E-state index contributed by atoms with van der Waals surface area (Å²) in [4.78, 5) is 0. The van der Waals surface area contributed by atoms with Crippen LogP contribution in [0.5, 0.6) is 57.5 Å². The quantitative estimate of drug-likeness (QED) is 0.102. The predicted octanol–water partition coefficient (Wildman–Crippen LogP) is 16.5. The molecule has 0 fully saturated rings. The van der Waals surface area contributed by atoms with Gasteiger partial charge < -0.3 is 56.5 Å². The van der Waals surface area contributed by atoms with Gasteiger partial charge in [0.2, 0.25) is 25.1 Å². The van der Waals surface area contributed by atoms with E-state index in [4.69, 9.17) is 47.4 Å². The van der Waals surface area contributed by atoms with Gasteiger partial charge in [0.25, 0.3) is 0 Å². The fourth-order valence-electron chi connectivity index (χ4n) is 12.7. The second-order valence-corrected chi connectivity index (χ2v) is 38.1. The lowest BCUT2D eigenvalue weighted by Crippen LogP contribution is -2.33. The summed E-state index contributed by atoms with van der Waals surface area (Å²) in [5.41, 5.74) is 3.77. The first kappa shape index (κ1) is 69.7. The third-order valence-corrected chi connectivity index (χ3v) is 23.6. The Morgan fingerprint density at radius 2 is 0.533 bits per heavy atom. The molecular weight excluding hydrogens is 1170 g/mol. The van der Waals surface area contributed by atoms with Crippen LogP contribution in [-0.4, -0.2) is 56.2 Å².